The van der Waals surface area contributed by atoms with Gasteiger partial charge in [-0.05, 0) is 55.2 Å². The van der Waals surface area contributed by atoms with E-state index in [2.05, 4.69) is 45.1 Å². The van der Waals surface area contributed by atoms with Gasteiger partial charge in [0, 0.05) is 0 Å². The van der Waals surface area contributed by atoms with Gasteiger partial charge < -0.3 is 0 Å². The average molecular weight is 284 g/mol. The van der Waals surface area contributed by atoms with Crippen LogP contribution in [-0.2, 0) is 4.79 Å². The summed E-state index contributed by atoms with van der Waals surface area (Å²) in [5.74, 6) is 0. The Morgan fingerprint density at radius 1 is 1.14 bits per heavy atom. The molecule has 0 aromatic rings. The molecule has 0 spiro atoms. The third kappa shape index (κ3) is 7.08. The summed E-state index contributed by atoms with van der Waals surface area (Å²) < 4.78 is 0. The minimum Gasteiger partial charge on any atom is -0.299 e. The molecular weight excluding hydrogens is 256 g/mol. The highest BCUT2D eigenvalue weighted by molar-refractivity contribution is 5.66. The van der Waals surface area contributed by atoms with E-state index in [1.807, 2.05) is 19.1 Å². The van der Waals surface area contributed by atoms with Crippen LogP contribution in [0.3, 0.4) is 0 Å². The predicted molar refractivity (Wildman–Crippen MR) is 92.2 cm³/mol. The largest absolute Gasteiger partial charge is 0.299 e. The molecule has 114 valence electrons. The normalized spacial score (nSPS) is 18.4. The molecule has 0 N–H and O–H groups in total. The van der Waals surface area contributed by atoms with Crippen molar-refractivity contribution in [3.63, 3.8) is 0 Å². The highest BCUT2D eigenvalue weighted by Gasteiger charge is 2.13. The second-order valence-corrected chi connectivity index (χ2v) is 6.64. The molecule has 0 aliphatic heterocycles. The van der Waals surface area contributed by atoms with Gasteiger partial charge in [-0.1, -0.05) is 62.8 Å². The van der Waals surface area contributed by atoms with Gasteiger partial charge >= 0.3 is 0 Å². The van der Waals surface area contributed by atoms with Crippen LogP contribution < -0.4 is 0 Å². The maximum atomic E-state index is 10.4. The molecule has 0 saturated carbocycles. The van der Waals surface area contributed by atoms with Gasteiger partial charge in [-0.3, -0.25) is 4.79 Å². The van der Waals surface area contributed by atoms with Gasteiger partial charge in [0.15, 0.2) is 0 Å². The van der Waals surface area contributed by atoms with Crippen molar-refractivity contribution in [3.8, 4) is 0 Å². The van der Waals surface area contributed by atoms with Crippen LogP contribution in [0.5, 0.6) is 0 Å². The molecule has 1 rings (SSSR count). The third-order valence-corrected chi connectivity index (χ3v) is 3.63. The zero-order valence-corrected chi connectivity index (χ0v) is 13.9. The van der Waals surface area contributed by atoms with E-state index in [0.29, 0.717) is 0 Å². The number of rotatable bonds is 5. The standard InChI is InChI=1S/C20H28O/c1-17(15-16-21)9-8-12-19(20(2,3)4)14-13-18-10-6-5-7-11-18/h8-10,12-16H,5-7,11H2,1-4H3/b9-8+,14-13+,17-15+,19-12-. The van der Waals surface area contributed by atoms with E-state index in [-0.39, 0.29) is 5.41 Å². The summed E-state index contributed by atoms with van der Waals surface area (Å²) in [6, 6.07) is 0. The quantitative estimate of drug-likeness (QED) is 0.358. The van der Waals surface area contributed by atoms with Crippen LogP contribution >= 0.6 is 0 Å². The lowest BCUT2D eigenvalue weighted by atomic mass is 9.85. The Morgan fingerprint density at radius 3 is 2.48 bits per heavy atom. The van der Waals surface area contributed by atoms with Crippen LogP contribution in [0.25, 0.3) is 0 Å². The van der Waals surface area contributed by atoms with Crippen LogP contribution in [0.15, 0.2) is 59.3 Å². The Bertz CT molecular complexity index is 490. The molecule has 0 unspecified atom stereocenters. The van der Waals surface area contributed by atoms with Crippen LogP contribution in [0.2, 0.25) is 0 Å². The monoisotopic (exact) mass is 284 g/mol. The Kier molecular flexibility index (Phi) is 7.14. The summed E-state index contributed by atoms with van der Waals surface area (Å²) in [5.41, 5.74) is 3.83. The van der Waals surface area contributed by atoms with Crippen molar-refractivity contribution >= 4 is 6.29 Å². The summed E-state index contributed by atoms with van der Waals surface area (Å²) in [5, 5.41) is 0. The molecule has 0 radical (unpaired) electrons. The molecule has 0 amide bonds. The molecule has 0 aromatic heterocycles. The van der Waals surface area contributed by atoms with Gasteiger partial charge in [-0.2, -0.15) is 0 Å². The first-order valence-electron chi connectivity index (χ1n) is 7.81. The first-order chi connectivity index (χ1) is 9.93. The van der Waals surface area contributed by atoms with Crippen molar-refractivity contribution in [1.82, 2.24) is 0 Å². The van der Waals surface area contributed by atoms with Gasteiger partial charge in [0.2, 0.25) is 0 Å². The highest BCUT2D eigenvalue weighted by Crippen LogP contribution is 2.28. The number of allylic oxidation sites excluding steroid dienone is 10. The fourth-order valence-corrected chi connectivity index (χ4v) is 2.23. The lowest BCUT2D eigenvalue weighted by molar-refractivity contribution is -0.104. The SMILES string of the molecule is CC(/C=C/C=C(/C=C/C1=CCCCC1)C(C)(C)C)=C\C=O. The number of aldehydes is 1. The zero-order valence-electron chi connectivity index (χ0n) is 13.9. The molecule has 0 heterocycles. The fraction of sp³-hybridized carbons (Fsp3) is 0.450. The Hall–Kier alpha value is -1.63. The van der Waals surface area contributed by atoms with E-state index >= 15 is 0 Å². The summed E-state index contributed by atoms with van der Waals surface area (Å²) in [6.07, 6.45) is 20.4. The van der Waals surface area contributed by atoms with Crippen LogP contribution in [0.1, 0.15) is 53.4 Å². The average Bonchev–Trinajstić information content (AvgIpc) is 2.42. The molecule has 0 aromatic carbocycles. The zero-order chi connectivity index (χ0) is 15.7. The molecule has 21 heavy (non-hydrogen) atoms. The number of hydrogen-bond acceptors (Lipinski definition) is 1. The fourth-order valence-electron chi connectivity index (χ4n) is 2.23. The summed E-state index contributed by atoms with van der Waals surface area (Å²) in [6.45, 7) is 8.60. The van der Waals surface area contributed by atoms with Gasteiger partial charge in [0.25, 0.3) is 0 Å². The molecule has 0 fully saturated rings. The van der Waals surface area contributed by atoms with Crippen LogP contribution in [-0.4, -0.2) is 6.29 Å². The molecule has 0 saturated heterocycles. The van der Waals surface area contributed by atoms with Gasteiger partial charge in [-0.15, -0.1) is 0 Å². The minimum absolute atomic E-state index is 0.109. The van der Waals surface area contributed by atoms with Crippen LogP contribution in [0.4, 0.5) is 0 Å². The van der Waals surface area contributed by atoms with Crippen molar-refractivity contribution in [1.29, 1.82) is 0 Å². The first kappa shape index (κ1) is 17.4. The number of carbonyl (C=O) groups excluding carboxylic acids is 1. The smallest absolute Gasteiger partial charge is 0.143 e. The lowest BCUT2D eigenvalue weighted by Gasteiger charge is -2.20. The molecule has 0 bridgehead atoms. The lowest BCUT2D eigenvalue weighted by Crippen LogP contribution is -2.07. The summed E-state index contributed by atoms with van der Waals surface area (Å²) >= 11 is 0. The second-order valence-electron chi connectivity index (χ2n) is 6.64. The predicted octanol–water partition coefficient (Wildman–Crippen LogP) is 5.72. The van der Waals surface area contributed by atoms with E-state index in [1.165, 1.54) is 36.8 Å². The molecular formula is C20H28O. The summed E-state index contributed by atoms with van der Waals surface area (Å²) in [7, 11) is 0. The van der Waals surface area contributed by atoms with Gasteiger partial charge in [-0.25, -0.2) is 0 Å². The highest BCUT2D eigenvalue weighted by atomic mass is 16.1. The van der Waals surface area contributed by atoms with E-state index in [0.717, 1.165) is 11.9 Å². The van der Waals surface area contributed by atoms with Crippen molar-refractivity contribution in [3.05, 3.63) is 59.3 Å². The van der Waals surface area contributed by atoms with E-state index in [9.17, 15) is 4.79 Å². The maximum absolute atomic E-state index is 10.4. The van der Waals surface area contributed by atoms with Gasteiger partial charge in [0.1, 0.15) is 6.29 Å². The first-order valence-corrected chi connectivity index (χ1v) is 7.81. The molecule has 1 nitrogen and oxygen atoms in total. The van der Waals surface area contributed by atoms with E-state index in [4.69, 9.17) is 0 Å². The summed E-state index contributed by atoms with van der Waals surface area (Å²) in [4.78, 5) is 10.4. The molecule has 1 aliphatic carbocycles. The van der Waals surface area contributed by atoms with Gasteiger partial charge in [0.05, 0.1) is 0 Å². The maximum Gasteiger partial charge on any atom is 0.143 e. The second kappa shape index (κ2) is 8.61. The molecule has 1 aliphatic rings. The Labute approximate surface area is 129 Å². The van der Waals surface area contributed by atoms with Crippen molar-refractivity contribution in [2.24, 2.45) is 5.41 Å². The van der Waals surface area contributed by atoms with E-state index in [1.54, 1.807) is 6.08 Å². The minimum atomic E-state index is 0.109. The molecule has 0 atom stereocenters. The van der Waals surface area contributed by atoms with E-state index < -0.39 is 0 Å². The Balaban J connectivity index is 2.86. The molecule has 1 heteroatoms. The Morgan fingerprint density at radius 2 is 1.90 bits per heavy atom. The third-order valence-electron chi connectivity index (χ3n) is 3.63. The number of carbonyl (C=O) groups is 1. The van der Waals surface area contributed by atoms with Crippen molar-refractivity contribution in [2.45, 2.75) is 53.4 Å². The number of hydrogen-bond donors (Lipinski definition) is 0. The van der Waals surface area contributed by atoms with Crippen molar-refractivity contribution in [2.75, 3.05) is 0 Å². The van der Waals surface area contributed by atoms with Crippen LogP contribution in [0, 0.1) is 5.41 Å². The topological polar surface area (TPSA) is 17.1 Å². The van der Waals surface area contributed by atoms with Crippen molar-refractivity contribution < 1.29 is 4.79 Å².